The maximum Gasteiger partial charge on any atom is 0.215 e. The van der Waals surface area contributed by atoms with E-state index in [4.69, 9.17) is 4.74 Å². The summed E-state index contributed by atoms with van der Waals surface area (Å²) < 4.78 is 16.9. The Morgan fingerprint density at radius 3 is 2.94 bits per heavy atom. The molecular formula is C11H15N3O2S. The van der Waals surface area contributed by atoms with E-state index in [0.717, 1.165) is 18.4 Å². The van der Waals surface area contributed by atoms with Crippen molar-refractivity contribution in [2.24, 2.45) is 0 Å². The van der Waals surface area contributed by atoms with E-state index in [9.17, 15) is 4.21 Å². The van der Waals surface area contributed by atoms with Crippen molar-refractivity contribution in [1.29, 1.82) is 0 Å². The van der Waals surface area contributed by atoms with E-state index in [2.05, 4.69) is 21.9 Å². The Bertz CT molecular complexity index is 538. The van der Waals surface area contributed by atoms with Gasteiger partial charge < -0.3 is 9.72 Å². The molecule has 0 fully saturated rings. The number of imidazole rings is 1. The van der Waals surface area contributed by atoms with Gasteiger partial charge in [0, 0.05) is 11.8 Å². The van der Waals surface area contributed by atoms with E-state index in [0.29, 0.717) is 22.4 Å². The van der Waals surface area contributed by atoms with Crippen LogP contribution in [0.15, 0.2) is 17.3 Å². The van der Waals surface area contributed by atoms with Gasteiger partial charge in [-0.25, -0.2) is 4.98 Å². The lowest BCUT2D eigenvalue weighted by atomic mass is 10.4. The molecule has 0 amide bonds. The second kappa shape index (κ2) is 5.27. The number of aromatic nitrogens is 3. The van der Waals surface area contributed by atoms with E-state index in [1.165, 1.54) is 0 Å². The lowest BCUT2D eigenvalue weighted by Crippen LogP contribution is -1.99. The van der Waals surface area contributed by atoms with Gasteiger partial charge >= 0.3 is 0 Å². The fourth-order valence-corrected chi connectivity index (χ4v) is 2.60. The topological polar surface area (TPSA) is 67.9 Å². The molecule has 0 saturated heterocycles. The van der Waals surface area contributed by atoms with Gasteiger partial charge in [0.2, 0.25) is 5.88 Å². The Labute approximate surface area is 102 Å². The summed E-state index contributed by atoms with van der Waals surface area (Å²) in [7, 11) is 0.485. The Morgan fingerprint density at radius 2 is 2.24 bits per heavy atom. The molecule has 0 spiro atoms. The highest BCUT2D eigenvalue weighted by Gasteiger charge is 2.10. The molecule has 0 aromatic carbocycles. The molecular weight excluding hydrogens is 238 g/mol. The third-order valence-electron chi connectivity index (χ3n) is 2.41. The zero-order chi connectivity index (χ0) is 12.3. The molecule has 0 bridgehead atoms. The van der Waals surface area contributed by atoms with Crippen LogP contribution in [-0.2, 0) is 10.8 Å². The fraction of sp³-hybridized carbons (Fsp3) is 0.455. The first-order chi connectivity index (χ1) is 8.24. The van der Waals surface area contributed by atoms with E-state index in [1.807, 2.05) is 6.07 Å². The van der Waals surface area contributed by atoms with Crippen LogP contribution in [0.25, 0.3) is 11.2 Å². The average Bonchev–Trinajstić information content (AvgIpc) is 2.78. The van der Waals surface area contributed by atoms with Crippen molar-refractivity contribution in [3.63, 3.8) is 0 Å². The van der Waals surface area contributed by atoms with E-state index < -0.39 is 10.8 Å². The minimum Gasteiger partial charge on any atom is -0.481 e. The molecule has 1 atom stereocenters. The number of pyridine rings is 1. The fourth-order valence-electron chi connectivity index (χ4n) is 1.45. The molecule has 0 radical (unpaired) electrons. The van der Waals surface area contributed by atoms with Crippen LogP contribution in [0.1, 0.15) is 19.8 Å². The van der Waals surface area contributed by atoms with Crippen LogP contribution in [0.3, 0.4) is 0 Å². The number of methoxy groups -OCH3 is 1. The highest BCUT2D eigenvalue weighted by atomic mass is 32.2. The summed E-state index contributed by atoms with van der Waals surface area (Å²) in [5.74, 6) is 1.14. The van der Waals surface area contributed by atoms with Gasteiger partial charge in [-0.15, -0.1) is 0 Å². The van der Waals surface area contributed by atoms with Crippen LogP contribution in [0.4, 0.5) is 0 Å². The number of H-pyrrole nitrogens is 1. The van der Waals surface area contributed by atoms with Gasteiger partial charge in [-0.3, -0.25) is 4.21 Å². The molecule has 5 nitrogen and oxygen atoms in total. The summed E-state index contributed by atoms with van der Waals surface area (Å²) in [5, 5.41) is 0.495. The van der Waals surface area contributed by atoms with E-state index >= 15 is 0 Å². The first kappa shape index (κ1) is 12.0. The largest absolute Gasteiger partial charge is 0.481 e. The van der Waals surface area contributed by atoms with Crippen LogP contribution in [0.2, 0.25) is 0 Å². The quantitative estimate of drug-likeness (QED) is 0.883. The minimum atomic E-state index is -1.07. The third kappa shape index (κ3) is 2.63. The van der Waals surface area contributed by atoms with Gasteiger partial charge in [0.05, 0.1) is 23.4 Å². The van der Waals surface area contributed by atoms with Crippen molar-refractivity contribution >= 4 is 22.0 Å². The molecule has 1 unspecified atom stereocenters. The van der Waals surface area contributed by atoms with Gasteiger partial charge in [0.15, 0.2) is 10.8 Å². The van der Waals surface area contributed by atoms with Crippen LogP contribution < -0.4 is 4.74 Å². The molecule has 2 rings (SSSR count). The van der Waals surface area contributed by atoms with Crippen LogP contribution in [-0.4, -0.2) is 32.0 Å². The highest BCUT2D eigenvalue weighted by molar-refractivity contribution is 7.84. The van der Waals surface area contributed by atoms with Crippen LogP contribution in [0, 0.1) is 0 Å². The van der Waals surface area contributed by atoms with Gasteiger partial charge in [-0.1, -0.05) is 13.3 Å². The number of nitrogens with zero attached hydrogens (tertiary/aromatic N) is 2. The average molecular weight is 253 g/mol. The zero-order valence-corrected chi connectivity index (χ0v) is 10.7. The predicted molar refractivity (Wildman–Crippen MR) is 66.6 cm³/mol. The SMILES string of the molecule is CCCCS(=O)c1nc2nc(OC)ccc2[nH]1. The summed E-state index contributed by atoms with van der Waals surface area (Å²) in [6, 6.07) is 3.58. The molecule has 0 saturated carbocycles. The van der Waals surface area contributed by atoms with E-state index in [1.54, 1.807) is 13.2 Å². The predicted octanol–water partition coefficient (Wildman–Crippen LogP) is 1.87. The molecule has 0 aliphatic carbocycles. The van der Waals surface area contributed by atoms with Crippen molar-refractivity contribution in [2.45, 2.75) is 24.9 Å². The smallest absolute Gasteiger partial charge is 0.215 e. The number of unbranched alkanes of at least 4 members (excludes halogenated alkanes) is 1. The number of fused-ring (bicyclic) bond motifs is 1. The van der Waals surface area contributed by atoms with Gasteiger partial charge in [0.1, 0.15) is 0 Å². The van der Waals surface area contributed by atoms with Crippen molar-refractivity contribution in [1.82, 2.24) is 15.0 Å². The molecule has 2 heterocycles. The molecule has 6 heteroatoms. The summed E-state index contributed by atoms with van der Waals surface area (Å²) in [6.45, 7) is 2.07. The third-order valence-corrected chi connectivity index (χ3v) is 3.69. The number of aromatic amines is 1. The monoisotopic (exact) mass is 253 g/mol. The zero-order valence-electron chi connectivity index (χ0n) is 9.90. The lowest BCUT2D eigenvalue weighted by Gasteiger charge is -1.95. The summed E-state index contributed by atoms with van der Waals surface area (Å²) in [5.41, 5.74) is 1.33. The minimum absolute atomic E-state index is 0.495. The summed E-state index contributed by atoms with van der Waals surface area (Å²) in [6.07, 6.45) is 1.96. The molecule has 0 aliphatic heterocycles. The Kier molecular flexibility index (Phi) is 3.73. The maximum atomic E-state index is 11.9. The molecule has 2 aromatic heterocycles. The van der Waals surface area contributed by atoms with Crippen LogP contribution >= 0.6 is 0 Å². The van der Waals surface area contributed by atoms with Crippen molar-refractivity contribution in [3.05, 3.63) is 12.1 Å². The summed E-state index contributed by atoms with van der Waals surface area (Å²) in [4.78, 5) is 11.4. The van der Waals surface area contributed by atoms with Crippen molar-refractivity contribution < 1.29 is 8.95 Å². The van der Waals surface area contributed by atoms with Gasteiger partial charge in [-0.05, 0) is 12.5 Å². The van der Waals surface area contributed by atoms with Crippen molar-refractivity contribution in [3.8, 4) is 5.88 Å². The summed E-state index contributed by atoms with van der Waals surface area (Å²) >= 11 is 0. The Morgan fingerprint density at radius 1 is 1.41 bits per heavy atom. The number of hydrogen-bond donors (Lipinski definition) is 1. The normalized spacial score (nSPS) is 12.8. The van der Waals surface area contributed by atoms with Gasteiger partial charge in [0.25, 0.3) is 0 Å². The second-order valence-corrected chi connectivity index (χ2v) is 5.16. The Balaban J connectivity index is 2.28. The first-order valence-electron chi connectivity index (χ1n) is 5.53. The number of ether oxygens (including phenoxy) is 1. The Hall–Kier alpha value is -1.43. The standard InChI is InChI=1S/C11H15N3O2S/c1-3-4-7-17(15)11-12-8-5-6-9(16-2)13-10(8)14-11/h5-6H,3-4,7H2,1-2H3,(H,12,13,14). The molecule has 1 N–H and O–H groups in total. The second-order valence-electron chi connectivity index (χ2n) is 3.67. The maximum absolute atomic E-state index is 11.9. The van der Waals surface area contributed by atoms with Crippen LogP contribution in [0.5, 0.6) is 5.88 Å². The lowest BCUT2D eigenvalue weighted by molar-refractivity contribution is 0.399. The number of nitrogens with one attached hydrogen (secondary N) is 1. The van der Waals surface area contributed by atoms with Crippen molar-refractivity contribution in [2.75, 3.05) is 12.9 Å². The highest BCUT2D eigenvalue weighted by Crippen LogP contribution is 2.16. The molecule has 17 heavy (non-hydrogen) atoms. The molecule has 92 valence electrons. The van der Waals surface area contributed by atoms with E-state index in [-0.39, 0.29) is 0 Å². The molecule has 2 aromatic rings. The first-order valence-corrected chi connectivity index (χ1v) is 6.85. The number of hydrogen-bond acceptors (Lipinski definition) is 4. The van der Waals surface area contributed by atoms with Gasteiger partial charge in [-0.2, -0.15) is 4.98 Å². The number of rotatable bonds is 5. The molecule has 0 aliphatic rings.